The first-order valence-electron chi connectivity index (χ1n) is 5.84. The summed E-state index contributed by atoms with van der Waals surface area (Å²) in [6, 6.07) is 9.07. The van der Waals surface area contributed by atoms with Crippen molar-refractivity contribution in [3.05, 3.63) is 60.4 Å². The van der Waals surface area contributed by atoms with Crippen LogP contribution in [0.1, 0.15) is 17.8 Å². The Hall–Kier alpha value is -2.17. The smallest absolute Gasteiger partial charge is 0.333 e. The molecule has 0 saturated heterocycles. The van der Waals surface area contributed by atoms with Crippen LogP contribution in [0.2, 0.25) is 0 Å². The lowest BCUT2D eigenvalue weighted by atomic mass is 10.1. The van der Waals surface area contributed by atoms with Gasteiger partial charge in [-0.25, -0.2) is 4.68 Å². The standard InChI is InChI=1S/C14H14F2N2O/c1-2-5-11-6-3-4-7-13(11)19-10-12-8-9-18(17-12)14(15)16/h2-4,6-9,14H,1,5,10H2. The zero-order valence-corrected chi connectivity index (χ0v) is 10.3. The topological polar surface area (TPSA) is 27.1 Å². The van der Waals surface area contributed by atoms with Crippen LogP contribution in [0.15, 0.2) is 49.2 Å². The lowest BCUT2D eigenvalue weighted by Crippen LogP contribution is -2.02. The minimum atomic E-state index is -2.62. The van der Waals surface area contributed by atoms with Crippen molar-refractivity contribution in [2.45, 2.75) is 19.6 Å². The number of alkyl halides is 2. The maximum Gasteiger partial charge on any atom is 0.333 e. The second-order valence-electron chi connectivity index (χ2n) is 3.95. The molecule has 2 rings (SSSR count). The summed E-state index contributed by atoms with van der Waals surface area (Å²) in [5, 5.41) is 3.72. The number of hydrogen-bond acceptors (Lipinski definition) is 2. The molecule has 0 aliphatic rings. The lowest BCUT2D eigenvalue weighted by molar-refractivity contribution is 0.0557. The zero-order chi connectivity index (χ0) is 13.7. The molecule has 0 radical (unpaired) electrons. The van der Waals surface area contributed by atoms with Gasteiger partial charge in [-0.1, -0.05) is 24.3 Å². The van der Waals surface area contributed by atoms with Crippen LogP contribution < -0.4 is 4.74 Å². The third-order valence-corrected chi connectivity index (χ3v) is 2.58. The van der Waals surface area contributed by atoms with Gasteiger partial charge in [0.05, 0.1) is 0 Å². The van der Waals surface area contributed by atoms with Gasteiger partial charge in [0.1, 0.15) is 18.1 Å². The van der Waals surface area contributed by atoms with Crippen molar-refractivity contribution in [2.75, 3.05) is 0 Å². The van der Waals surface area contributed by atoms with E-state index in [4.69, 9.17) is 4.74 Å². The average Bonchev–Trinajstić information content (AvgIpc) is 2.87. The number of hydrogen-bond donors (Lipinski definition) is 0. The third kappa shape index (κ3) is 3.40. The van der Waals surface area contributed by atoms with Gasteiger partial charge in [0.15, 0.2) is 0 Å². The van der Waals surface area contributed by atoms with Gasteiger partial charge in [0.2, 0.25) is 0 Å². The first-order valence-corrected chi connectivity index (χ1v) is 5.84. The molecule has 0 unspecified atom stereocenters. The van der Waals surface area contributed by atoms with E-state index in [-0.39, 0.29) is 6.61 Å². The number of halogens is 2. The van der Waals surface area contributed by atoms with Gasteiger partial charge in [-0.15, -0.1) is 6.58 Å². The van der Waals surface area contributed by atoms with Gasteiger partial charge in [-0.2, -0.15) is 13.9 Å². The Balaban J connectivity index is 2.03. The molecule has 0 amide bonds. The molecular formula is C14H14F2N2O. The molecule has 0 fully saturated rings. The van der Waals surface area contributed by atoms with E-state index in [1.165, 1.54) is 12.3 Å². The zero-order valence-electron chi connectivity index (χ0n) is 10.3. The van der Waals surface area contributed by atoms with Crippen molar-refractivity contribution in [2.24, 2.45) is 0 Å². The molecule has 0 bridgehead atoms. The molecule has 0 aliphatic carbocycles. The van der Waals surface area contributed by atoms with Crippen LogP contribution in [-0.2, 0) is 13.0 Å². The van der Waals surface area contributed by atoms with E-state index in [2.05, 4.69) is 11.7 Å². The number of nitrogens with zero attached hydrogens (tertiary/aromatic N) is 2. The first kappa shape index (κ1) is 13.3. The van der Waals surface area contributed by atoms with Gasteiger partial charge in [0, 0.05) is 6.20 Å². The Morgan fingerprint density at radius 1 is 1.32 bits per heavy atom. The summed E-state index contributed by atoms with van der Waals surface area (Å²) in [5.74, 6) is 0.717. The van der Waals surface area contributed by atoms with Crippen molar-refractivity contribution < 1.29 is 13.5 Å². The summed E-state index contributed by atoms with van der Waals surface area (Å²) in [5.41, 5.74) is 1.47. The molecule has 100 valence electrons. The highest BCUT2D eigenvalue weighted by molar-refractivity contribution is 5.34. The second-order valence-corrected chi connectivity index (χ2v) is 3.95. The first-order chi connectivity index (χ1) is 9.20. The van der Waals surface area contributed by atoms with E-state index in [0.717, 1.165) is 5.56 Å². The van der Waals surface area contributed by atoms with Crippen LogP contribution in [0, 0.1) is 0 Å². The van der Waals surface area contributed by atoms with E-state index >= 15 is 0 Å². The van der Waals surface area contributed by atoms with Crippen molar-refractivity contribution in [3.63, 3.8) is 0 Å². The molecule has 5 heteroatoms. The Kier molecular flexibility index (Phi) is 4.28. The Morgan fingerprint density at radius 2 is 2.11 bits per heavy atom. The maximum atomic E-state index is 12.4. The predicted molar refractivity (Wildman–Crippen MR) is 68.2 cm³/mol. The molecule has 19 heavy (non-hydrogen) atoms. The van der Waals surface area contributed by atoms with Crippen LogP contribution in [0.5, 0.6) is 5.75 Å². The summed E-state index contributed by atoms with van der Waals surface area (Å²) in [6.45, 7) is 1.22. The van der Waals surface area contributed by atoms with Crippen LogP contribution in [-0.4, -0.2) is 9.78 Å². The van der Waals surface area contributed by atoms with E-state index in [1.807, 2.05) is 24.3 Å². The lowest BCUT2D eigenvalue weighted by Gasteiger charge is -2.08. The molecule has 0 atom stereocenters. The van der Waals surface area contributed by atoms with Gasteiger partial charge in [0.25, 0.3) is 0 Å². The van der Waals surface area contributed by atoms with Crippen molar-refractivity contribution in [1.82, 2.24) is 9.78 Å². The highest BCUT2D eigenvalue weighted by Gasteiger charge is 2.08. The molecule has 0 aliphatic heterocycles. The largest absolute Gasteiger partial charge is 0.487 e. The second kappa shape index (κ2) is 6.13. The van der Waals surface area contributed by atoms with Gasteiger partial charge in [-0.3, -0.25) is 0 Å². The highest BCUT2D eigenvalue weighted by atomic mass is 19.3. The van der Waals surface area contributed by atoms with E-state index in [0.29, 0.717) is 22.5 Å². The van der Waals surface area contributed by atoms with Gasteiger partial charge >= 0.3 is 6.55 Å². The average molecular weight is 264 g/mol. The summed E-state index contributed by atoms with van der Waals surface area (Å²) in [4.78, 5) is 0. The maximum absolute atomic E-state index is 12.4. The van der Waals surface area contributed by atoms with Crippen LogP contribution in [0.4, 0.5) is 8.78 Å². The molecule has 3 nitrogen and oxygen atoms in total. The Bertz CT molecular complexity index is 552. The number of allylic oxidation sites excluding steroid dienone is 1. The highest BCUT2D eigenvalue weighted by Crippen LogP contribution is 2.20. The molecule has 1 aromatic carbocycles. The van der Waals surface area contributed by atoms with Gasteiger partial charge < -0.3 is 4.74 Å². The molecular weight excluding hydrogens is 250 g/mol. The normalized spacial score (nSPS) is 10.7. The minimum absolute atomic E-state index is 0.161. The van der Waals surface area contributed by atoms with Crippen LogP contribution >= 0.6 is 0 Å². The van der Waals surface area contributed by atoms with Crippen LogP contribution in [0.25, 0.3) is 0 Å². The van der Waals surface area contributed by atoms with Crippen molar-refractivity contribution >= 4 is 0 Å². The molecule has 2 aromatic rings. The predicted octanol–water partition coefficient (Wildman–Crippen LogP) is 3.59. The number of rotatable bonds is 6. The SMILES string of the molecule is C=CCc1ccccc1OCc1ccn(C(F)F)n1. The minimum Gasteiger partial charge on any atom is -0.487 e. The molecule has 0 saturated carbocycles. The van der Waals surface area contributed by atoms with E-state index in [1.54, 1.807) is 6.08 Å². The van der Waals surface area contributed by atoms with Crippen LogP contribution in [0.3, 0.4) is 0 Å². The Labute approximate surface area is 110 Å². The summed E-state index contributed by atoms with van der Waals surface area (Å²) in [7, 11) is 0. The fourth-order valence-corrected chi connectivity index (χ4v) is 1.68. The number of aromatic nitrogens is 2. The van der Waals surface area contributed by atoms with Crippen molar-refractivity contribution in [3.8, 4) is 5.75 Å². The third-order valence-electron chi connectivity index (χ3n) is 2.58. The summed E-state index contributed by atoms with van der Waals surface area (Å²) >= 11 is 0. The Morgan fingerprint density at radius 3 is 2.79 bits per heavy atom. The molecule has 1 heterocycles. The molecule has 0 spiro atoms. The van der Waals surface area contributed by atoms with Gasteiger partial charge in [-0.05, 0) is 24.1 Å². The quantitative estimate of drug-likeness (QED) is 0.745. The fraction of sp³-hybridized carbons (Fsp3) is 0.214. The fourth-order valence-electron chi connectivity index (χ4n) is 1.68. The number of ether oxygens (including phenoxy) is 1. The summed E-state index contributed by atoms with van der Waals surface area (Å²) < 4.78 is 30.9. The molecule has 1 aromatic heterocycles. The number of para-hydroxylation sites is 1. The van der Waals surface area contributed by atoms with E-state index < -0.39 is 6.55 Å². The molecule has 0 N–H and O–H groups in total. The number of benzene rings is 1. The van der Waals surface area contributed by atoms with Crippen molar-refractivity contribution in [1.29, 1.82) is 0 Å². The van der Waals surface area contributed by atoms with E-state index in [9.17, 15) is 8.78 Å². The monoisotopic (exact) mass is 264 g/mol. The summed E-state index contributed by atoms with van der Waals surface area (Å²) in [6.07, 6.45) is 3.72.